The van der Waals surface area contributed by atoms with Crippen LogP contribution in [0.15, 0.2) is 97.1 Å². The van der Waals surface area contributed by atoms with Gasteiger partial charge >= 0.3 is 24.7 Å². The minimum absolute atomic E-state index is 0.389. The van der Waals surface area contributed by atoms with E-state index in [4.69, 9.17) is 20.9 Å². The number of alkyl halides is 12. The predicted molar refractivity (Wildman–Crippen MR) is 137 cm³/mol. The summed E-state index contributed by atoms with van der Waals surface area (Å²) in [5.41, 5.74) is -2.61. The first-order valence-electron chi connectivity index (χ1n) is 12.7. The molecule has 0 amide bonds. The molecule has 4 atom stereocenters. The van der Waals surface area contributed by atoms with Crippen molar-refractivity contribution < 1.29 is 62.2 Å². The van der Waals surface area contributed by atoms with Crippen LogP contribution in [0.3, 0.4) is 0 Å². The van der Waals surface area contributed by atoms with E-state index in [9.17, 15) is 52.7 Å². The molecule has 0 radical (unpaired) electrons. The molecule has 0 aliphatic heterocycles. The lowest BCUT2D eigenvalue weighted by molar-refractivity contribution is -0.288. The third kappa shape index (κ3) is 5.80. The van der Waals surface area contributed by atoms with Crippen molar-refractivity contribution in [3.63, 3.8) is 0 Å². The van der Waals surface area contributed by atoms with Gasteiger partial charge in [0.2, 0.25) is 5.41 Å². The van der Waals surface area contributed by atoms with E-state index in [2.05, 4.69) is 0 Å². The van der Waals surface area contributed by atoms with Crippen LogP contribution in [0.2, 0.25) is 0 Å². The van der Waals surface area contributed by atoms with Gasteiger partial charge in [-0.2, -0.15) is 52.7 Å². The second-order valence-corrected chi connectivity index (χ2v) is 10.2. The van der Waals surface area contributed by atoms with Crippen LogP contribution in [-0.2, 0) is 5.41 Å². The van der Waals surface area contributed by atoms with Crippen LogP contribution in [-0.4, -0.2) is 48.0 Å². The Labute approximate surface area is 247 Å². The summed E-state index contributed by atoms with van der Waals surface area (Å²) in [7, 11) is 0. The molecule has 0 fully saturated rings. The topological polar surface area (TPSA) is 70.5 Å². The van der Waals surface area contributed by atoms with Crippen LogP contribution in [0.25, 0.3) is 0 Å². The molecule has 4 unspecified atom stereocenters. The second-order valence-electron chi connectivity index (χ2n) is 10.2. The molecule has 0 bridgehead atoms. The van der Waals surface area contributed by atoms with Crippen LogP contribution in [0, 0.1) is 0 Å². The van der Waals surface area contributed by atoms with Crippen molar-refractivity contribution in [3.05, 3.63) is 108 Å². The number of rotatable bonds is 6. The maximum absolute atomic E-state index is 14.6. The van der Waals surface area contributed by atoms with Gasteiger partial charge in [0.25, 0.3) is 0 Å². The first-order valence-corrected chi connectivity index (χ1v) is 12.7. The third-order valence-electron chi connectivity index (χ3n) is 7.41. The van der Waals surface area contributed by atoms with Gasteiger partial charge in [-0.05, 0) is 47.5 Å². The van der Waals surface area contributed by atoms with Gasteiger partial charge < -0.3 is 20.9 Å². The monoisotopic (exact) mass is 658 g/mol. The van der Waals surface area contributed by atoms with E-state index in [0.717, 1.165) is 24.3 Å². The van der Waals surface area contributed by atoms with Crippen LogP contribution >= 0.6 is 0 Å². The van der Waals surface area contributed by atoms with Gasteiger partial charge in [-0.1, -0.05) is 60.7 Å². The van der Waals surface area contributed by atoms with E-state index in [1.54, 1.807) is 0 Å². The molecule has 0 spiro atoms. The van der Waals surface area contributed by atoms with Gasteiger partial charge in [0.15, 0.2) is 11.1 Å². The Morgan fingerprint density at radius 3 is 1.07 bits per heavy atom. The lowest BCUT2D eigenvalue weighted by Gasteiger charge is -2.39. The molecule has 244 valence electrons. The number of ether oxygens (including phenoxy) is 2. The van der Waals surface area contributed by atoms with Gasteiger partial charge in [-0.3, -0.25) is 0 Å². The van der Waals surface area contributed by atoms with Crippen molar-refractivity contribution >= 4 is 0 Å². The summed E-state index contributed by atoms with van der Waals surface area (Å²) in [5, 5.41) is 0. The third-order valence-corrected chi connectivity index (χ3v) is 7.41. The number of halogens is 12. The Balaban J connectivity index is 1.71. The lowest BCUT2D eigenvalue weighted by atomic mass is 9.73. The normalized spacial score (nSPS) is 25.8. The van der Waals surface area contributed by atoms with Gasteiger partial charge in [0.1, 0.15) is 23.7 Å². The molecule has 45 heavy (non-hydrogen) atoms. The Morgan fingerprint density at radius 2 is 0.800 bits per heavy atom. The minimum atomic E-state index is -6.05. The quantitative estimate of drug-likeness (QED) is 0.319. The Bertz CT molecular complexity index is 1370. The summed E-state index contributed by atoms with van der Waals surface area (Å²) in [4.78, 5) is 0. The number of hydrogen-bond acceptors (Lipinski definition) is 4. The molecule has 0 saturated heterocycles. The molecule has 4 rings (SSSR count). The second kappa shape index (κ2) is 11.2. The van der Waals surface area contributed by atoms with Crippen molar-refractivity contribution in [1.82, 2.24) is 0 Å². The van der Waals surface area contributed by atoms with Crippen LogP contribution in [0.4, 0.5) is 52.7 Å². The maximum Gasteiger partial charge on any atom is 0.413 e. The number of benzene rings is 2. The van der Waals surface area contributed by atoms with E-state index >= 15 is 0 Å². The minimum Gasteiger partial charge on any atom is -0.484 e. The number of hydrogen-bond donors (Lipinski definition) is 2. The Kier molecular flexibility index (Phi) is 8.42. The highest BCUT2D eigenvalue weighted by molar-refractivity contribution is 5.47. The highest BCUT2D eigenvalue weighted by atomic mass is 19.4. The van der Waals surface area contributed by atoms with Crippen LogP contribution in [0.1, 0.15) is 11.1 Å². The summed E-state index contributed by atoms with van der Waals surface area (Å²) < 4.78 is 179. The zero-order valence-electron chi connectivity index (χ0n) is 22.4. The van der Waals surface area contributed by atoms with Crippen molar-refractivity contribution in [2.75, 3.05) is 0 Å². The average Bonchev–Trinajstić information content (AvgIpc) is 2.91. The van der Waals surface area contributed by atoms with E-state index in [1.165, 1.54) is 12.2 Å². The zero-order chi connectivity index (χ0) is 33.7. The summed E-state index contributed by atoms with van der Waals surface area (Å²) in [6.45, 7) is 0. The fraction of sp³-hybridized carbons (Fsp3) is 0.310. The first kappa shape index (κ1) is 34.0. The van der Waals surface area contributed by atoms with Crippen molar-refractivity contribution in [2.24, 2.45) is 11.5 Å². The molecular formula is C29H22F12N2O2. The molecule has 0 aromatic heterocycles. The molecular weight excluding hydrogens is 636 g/mol. The molecule has 2 aliphatic rings. The lowest BCUT2D eigenvalue weighted by Crippen LogP contribution is -2.62. The fourth-order valence-corrected chi connectivity index (χ4v) is 4.90. The molecule has 4 nitrogen and oxygen atoms in total. The number of nitrogens with two attached hydrogens (primary N) is 2. The Hall–Kier alpha value is -3.92. The smallest absolute Gasteiger partial charge is 0.413 e. The summed E-state index contributed by atoms with van der Waals surface area (Å²) in [6, 6.07) is 4.07. The molecule has 0 heterocycles. The van der Waals surface area contributed by atoms with E-state index < -0.39 is 76.0 Å². The summed E-state index contributed by atoms with van der Waals surface area (Å²) in [6.07, 6.45) is -18.6. The average molecular weight is 658 g/mol. The highest BCUT2D eigenvalue weighted by Crippen LogP contribution is 2.56. The standard InChI is InChI=1S/C29H22F12N2O2/c30-26(31,32)23(42)15-3-1-5-21(23)44-19-11-7-17(8-12-19)25(28(36,37)38,29(39,40)41)18-9-13-20(14-10-18)45-22-6-2-4-16-24(22,43)27(33,34)35/h1-16,21-22H,42-43H2. The summed E-state index contributed by atoms with van der Waals surface area (Å²) >= 11 is 0. The zero-order valence-corrected chi connectivity index (χ0v) is 22.4. The van der Waals surface area contributed by atoms with E-state index in [0.29, 0.717) is 60.7 Å². The van der Waals surface area contributed by atoms with Crippen LogP contribution in [0.5, 0.6) is 11.5 Å². The largest absolute Gasteiger partial charge is 0.484 e. The highest BCUT2D eigenvalue weighted by Gasteiger charge is 2.72. The van der Waals surface area contributed by atoms with Gasteiger partial charge in [0.05, 0.1) is 0 Å². The van der Waals surface area contributed by atoms with Crippen molar-refractivity contribution in [1.29, 1.82) is 0 Å². The molecule has 16 heteroatoms. The Morgan fingerprint density at radius 1 is 0.489 bits per heavy atom. The molecule has 2 aromatic carbocycles. The van der Waals surface area contributed by atoms with Gasteiger partial charge in [0, 0.05) is 0 Å². The molecule has 2 aromatic rings. The van der Waals surface area contributed by atoms with E-state index in [1.807, 2.05) is 0 Å². The van der Waals surface area contributed by atoms with Crippen molar-refractivity contribution in [2.45, 2.75) is 53.4 Å². The van der Waals surface area contributed by atoms with Gasteiger partial charge in [-0.25, -0.2) is 0 Å². The fourth-order valence-electron chi connectivity index (χ4n) is 4.90. The molecule has 4 N–H and O–H groups in total. The van der Waals surface area contributed by atoms with Gasteiger partial charge in [-0.15, -0.1) is 0 Å². The summed E-state index contributed by atoms with van der Waals surface area (Å²) in [5.74, 6) is -1.04. The van der Waals surface area contributed by atoms with E-state index in [-0.39, 0.29) is 0 Å². The number of allylic oxidation sites excluding steroid dienone is 4. The predicted octanol–water partition coefficient (Wildman–Crippen LogP) is 7.36. The molecule has 2 aliphatic carbocycles. The maximum atomic E-state index is 14.6. The van der Waals surface area contributed by atoms with Crippen molar-refractivity contribution in [3.8, 4) is 11.5 Å². The van der Waals surface area contributed by atoms with Crippen LogP contribution < -0.4 is 20.9 Å². The molecule has 0 saturated carbocycles. The SMILES string of the molecule is NC1(C(F)(F)F)C=CC=CC1Oc1ccc(C(c2ccc(OC3C=CC=CC3(N)C(F)(F)F)cc2)(C(F)(F)F)C(F)(F)F)cc1. The first-order chi connectivity index (χ1) is 20.6.